The lowest BCUT2D eigenvalue weighted by Gasteiger charge is -2.31. The molecule has 1 amide bonds. The molecule has 0 spiro atoms. The smallest absolute Gasteiger partial charge is 0.241 e. The Balaban J connectivity index is 1.21. The fraction of sp³-hybridized carbons (Fsp3) is 0.222. The summed E-state index contributed by atoms with van der Waals surface area (Å²) in [6.07, 6.45) is 1.75. The van der Waals surface area contributed by atoms with E-state index in [0.29, 0.717) is 30.4 Å². The van der Waals surface area contributed by atoms with Gasteiger partial charge in [-0.2, -0.15) is 4.98 Å². The molecule has 1 unspecified atom stereocenters. The molecule has 1 atom stereocenters. The van der Waals surface area contributed by atoms with Crippen molar-refractivity contribution in [2.45, 2.75) is 29.2 Å². The summed E-state index contributed by atoms with van der Waals surface area (Å²) in [5.74, 6) is 0.497. The summed E-state index contributed by atoms with van der Waals surface area (Å²) in [6.45, 7) is 1.95. The zero-order valence-electron chi connectivity index (χ0n) is 19.1. The lowest BCUT2D eigenvalue weighted by molar-refractivity contribution is -0.121. The van der Waals surface area contributed by atoms with Gasteiger partial charge in [0.25, 0.3) is 0 Å². The predicted molar refractivity (Wildman–Crippen MR) is 133 cm³/mol. The van der Waals surface area contributed by atoms with Crippen LogP contribution in [0.1, 0.15) is 18.7 Å². The number of benzene rings is 3. The summed E-state index contributed by atoms with van der Waals surface area (Å²) in [7, 11) is 0. The molecule has 0 aliphatic carbocycles. The van der Waals surface area contributed by atoms with Crippen molar-refractivity contribution in [3.63, 3.8) is 0 Å². The normalized spacial score (nSPS) is 16.2. The van der Waals surface area contributed by atoms with Gasteiger partial charge in [-0.25, -0.2) is 4.39 Å². The maximum absolute atomic E-state index is 13.2. The van der Waals surface area contributed by atoms with E-state index in [9.17, 15) is 9.18 Å². The first kappa shape index (κ1) is 23.3. The van der Waals surface area contributed by atoms with Crippen molar-refractivity contribution in [3.05, 3.63) is 90.6 Å². The second kappa shape index (κ2) is 10.8. The van der Waals surface area contributed by atoms with Crippen LogP contribution in [-0.2, 0) is 11.3 Å². The minimum Gasteiger partial charge on any atom is -0.338 e. The molecule has 1 aromatic heterocycles. The average molecular weight is 489 g/mol. The molecule has 1 fully saturated rings. The largest absolute Gasteiger partial charge is 0.338 e. The Bertz CT molecular complexity index is 1280. The Kier molecular flexibility index (Phi) is 7.20. The SMILES string of the molecule is O=C(Nc1ccccc1Sc1ccccc1)C1CCCN(Cc2nc(-c3ccc(F)cc3)no2)C1. The summed E-state index contributed by atoms with van der Waals surface area (Å²) in [5.41, 5.74) is 1.52. The molecule has 0 saturated carbocycles. The van der Waals surface area contributed by atoms with Gasteiger partial charge in [-0.15, -0.1) is 0 Å². The maximum atomic E-state index is 13.2. The van der Waals surface area contributed by atoms with Crippen LogP contribution in [0.15, 0.2) is 93.2 Å². The molecule has 35 heavy (non-hydrogen) atoms. The van der Waals surface area contributed by atoms with Crippen LogP contribution in [0.3, 0.4) is 0 Å². The van der Waals surface area contributed by atoms with Crippen molar-refractivity contribution in [2.24, 2.45) is 5.92 Å². The van der Waals surface area contributed by atoms with Gasteiger partial charge < -0.3 is 9.84 Å². The van der Waals surface area contributed by atoms with Gasteiger partial charge in [-0.05, 0) is 67.9 Å². The van der Waals surface area contributed by atoms with Crippen molar-refractivity contribution in [3.8, 4) is 11.4 Å². The number of hydrogen-bond donors (Lipinski definition) is 1. The molecular weight excluding hydrogens is 463 g/mol. The van der Waals surface area contributed by atoms with Gasteiger partial charge in [0.1, 0.15) is 5.82 Å². The molecular formula is C27H25FN4O2S. The Hall–Kier alpha value is -3.49. The highest BCUT2D eigenvalue weighted by atomic mass is 32.2. The molecule has 3 aromatic carbocycles. The van der Waals surface area contributed by atoms with E-state index in [1.165, 1.54) is 12.1 Å². The van der Waals surface area contributed by atoms with E-state index in [-0.39, 0.29) is 17.6 Å². The number of nitrogens with one attached hydrogen (secondary N) is 1. The maximum Gasteiger partial charge on any atom is 0.241 e. The monoisotopic (exact) mass is 488 g/mol. The number of carbonyl (C=O) groups excluding carboxylic acids is 1. The first-order chi connectivity index (χ1) is 17.1. The second-order valence-electron chi connectivity index (χ2n) is 8.49. The molecule has 4 aromatic rings. The van der Waals surface area contributed by atoms with E-state index in [4.69, 9.17) is 4.52 Å². The number of anilines is 1. The van der Waals surface area contributed by atoms with Gasteiger partial charge >= 0.3 is 0 Å². The summed E-state index contributed by atoms with van der Waals surface area (Å²) < 4.78 is 18.6. The summed E-state index contributed by atoms with van der Waals surface area (Å²) in [6, 6.07) is 24.0. The molecule has 0 radical (unpaired) electrons. The van der Waals surface area contributed by atoms with Crippen LogP contribution in [0.25, 0.3) is 11.4 Å². The number of nitrogens with zero attached hydrogens (tertiary/aromatic N) is 3. The van der Waals surface area contributed by atoms with Gasteiger partial charge in [0.2, 0.25) is 17.6 Å². The van der Waals surface area contributed by atoms with Crippen molar-refractivity contribution in [1.29, 1.82) is 0 Å². The summed E-state index contributed by atoms with van der Waals surface area (Å²) in [4.78, 5) is 21.9. The number of halogens is 1. The van der Waals surface area contributed by atoms with E-state index in [2.05, 4.69) is 32.5 Å². The standard InChI is InChI=1S/C27H25FN4O2S/c28-21-14-12-19(13-15-21)26-30-25(34-31-26)18-32-16-6-7-20(17-32)27(33)29-23-10-4-5-11-24(23)35-22-8-2-1-3-9-22/h1-5,8-15,20H,6-7,16-18H2,(H,29,33). The molecule has 178 valence electrons. The first-order valence-electron chi connectivity index (χ1n) is 11.6. The minimum absolute atomic E-state index is 0.0216. The third-order valence-corrected chi connectivity index (χ3v) is 7.01. The second-order valence-corrected chi connectivity index (χ2v) is 9.61. The highest BCUT2D eigenvalue weighted by Gasteiger charge is 2.27. The van der Waals surface area contributed by atoms with Gasteiger partial charge in [0.05, 0.1) is 18.2 Å². The third-order valence-electron chi connectivity index (χ3n) is 5.92. The van der Waals surface area contributed by atoms with Crippen LogP contribution in [0, 0.1) is 11.7 Å². The molecule has 8 heteroatoms. The molecule has 1 aliphatic rings. The van der Waals surface area contributed by atoms with Crippen molar-refractivity contribution < 1.29 is 13.7 Å². The van der Waals surface area contributed by atoms with Crippen molar-refractivity contribution in [1.82, 2.24) is 15.0 Å². The number of hydrogen-bond acceptors (Lipinski definition) is 6. The van der Waals surface area contributed by atoms with E-state index >= 15 is 0 Å². The molecule has 1 N–H and O–H groups in total. The van der Waals surface area contributed by atoms with Crippen LogP contribution in [0.5, 0.6) is 0 Å². The number of likely N-dealkylation sites (tertiary alicyclic amines) is 1. The van der Waals surface area contributed by atoms with E-state index in [0.717, 1.165) is 34.9 Å². The van der Waals surface area contributed by atoms with Gasteiger partial charge in [0.15, 0.2) is 0 Å². The molecule has 1 saturated heterocycles. The summed E-state index contributed by atoms with van der Waals surface area (Å²) in [5, 5.41) is 7.17. The third kappa shape index (κ3) is 5.96. The number of amides is 1. The van der Waals surface area contributed by atoms with E-state index in [1.54, 1.807) is 23.9 Å². The predicted octanol–water partition coefficient (Wildman–Crippen LogP) is 5.88. The van der Waals surface area contributed by atoms with Crippen molar-refractivity contribution in [2.75, 3.05) is 18.4 Å². The highest BCUT2D eigenvalue weighted by Crippen LogP contribution is 2.33. The lowest BCUT2D eigenvalue weighted by atomic mass is 9.97. The Morgan fingerprint density at radius 1 is 1.06 bits per heavy atom. The Labute approximate surface area is 207 Å². The fourth-order valence-corrected chi connectivity index (χ4v) is 5.07. The first-order valence-corrected chi connectivity index (χ1v) is 12.4. The quantitative estimate of drug-likeness (QED) is 0.350. The highest BCUT2D eigenvalue weighted by molar-refractivity contribution is 7.99. The van der Waals surface area contributed by atoms with Crippen LogP contribution in [0.2, 0.25) is 0 Å². The molecule has 1 aliphatic heterocycles. The van der Waals surface area contributed by atoms with Crippen molar-refractivity contribution >= 4 is 23.4 Å². The molecule has 2 heterocycles. The zero-order chi connectivity index (χ0) is 24.0. The number of aromatic nitrogens is 2. The summed E-state index contributed by atoms with van der Waals surface area (Å²) >= 11 is 1.63. The molecule has 6 nitrogen and oxygen atoms in total. The van der Waals surface area contributed by atoms with Crippen LogP contribution < -0.4 is 5.32 Å². The van der Waals surface area contributed by atoms with Crippen LogP contribution in [0.4, 0.5) is 10.1 Å². The van der Waals surface area contributed by atoms with Crippen LogP contribution >= 0.6 is 11.8 Å². The molecule has 0 bridgehead atoms. The number of rotatable bonds is 7. The minimum atomic E-state index is -0.309. The average Bonchev–Trinajstić information content (AvgIpc) is 3.35. The Morgan fingerprint density at radius 2 is 1.83 bits per heavy atom. The van der Waals surface area contributed by atoms with Crippen LogP contribution in [-0.4, -0.2) is 34.0 Å². The van der Waals surface area contributed by atoms with Gasteiger partial charge in [-0.3, -0.25) is 9.69 Å². The van der Waals surface area contributed by atoms with E-state index in [1.807, 2.05) is 42.5 Å². The molecule has 5 rings (SSSR count). The fourth-order valence-electron chi connectivity index (χ4n) is 4.15. The lowest BCUT2D eigenvalue weighted by Crippen LogP contribution is -2.40. The van der Waals surface area contributed by atoms with E-state index < -0.39 is 0 Å². The number of para-hydroxylation sites is 1. The topological polar surface area (TPSA) is 71.3 Å². The number of piperidine rings is 1. The van der Waals surface area contributed by atoms with Gasteiger partial charge in [-0.1, -0.05) is 47.3 Å². The Morgan fingerprint density at radius 3 is 2.66 bits per heavy atom. The zero-order valence-corrected chi connectivity index (χ0v) is 19.9. The number of carbonyl (C=O) groups is 1. The van der Waals surface area contributed by atoms with Gasteiger partial charge in [0, 0.05) is 21.9 Å².